The fraction of sp³-hybridized carbons (Fsp3) is 0.286. The molecule has 11 heteroatoms. The molecule has 0 saturated carbocycles. The van der Waals surface area contributed by atoms with Gasteiger partial charge in [0, 0.05) is 29.3 Å². The van der Waals surface area contributed by atoms with Gasteiger partial charge in [-0.3, -0.25) is 4.72 Å². The number of nitrogens with two attached hydrogens (primary N) is 1. The zero-order chi connectivity index (χ0) is 21.9. The molecule has 5 rings (SSSR count). The largest absolute Gasteiger partial charge is 0.464 e. The average molecular weight is 471 g/mol. The zero-order valence-corrected chi connectivity index (χ0v) is 19.0. The topological polar surface area (TPSA) is 113 Å². The summed E-state index contributed by atoms with van der Waals surface area (Å²) < 4.78 is 22.3. The van der Waals surface area contributed by atoms with E-state index in [4.69, 9.17) is 24.6 Å². The van der Waals surface area contributed by atoms with Crippen LogP contribution >= 0.6 is 23.7 Å². The van der Waals surface area contributed by atoms with Gasteiger partial charge in [-0.25, -0.2) is 15.0 Å². The number of aromatic nitrogens is 4. The highest BCUT2D eigenvalue weighted by molar-refractivity contribution is 7.99. The Morgan fingerprint density at radius 2 is 2.09 bits per heavy atom. The number of nitrogens with one attached hydrogen (secondary N) is 1. The number of furan rings is 1. The molecule has 3 N–H and O–H groups in total. The normalized spacial score (nSPS) is 12.7. The second kappa shape index (κ2) is 9.31. The van der Waals surface area contributed by atoms with Gasteiger partial charge in [-0.2, -0.15) is 0 Å². The lowest BCUT2D eigenvalue weighted by Gasteiger charge is -2.11. The number of hydrogen-bond donors (Lipinski definition) is 2. The van der Waals surface area contributed by atoms with E-state index < -0.39 is 0 Å². The Bertz CT molecular complexity index is 1230. The lowest BCUT2D eigenvalue weighted by atomic mass is 10.1. The fourth-order valence-corrected chi connectivity index (χ4v) is 5.09. The summed E-state index contributed by atoms with van der Waals surface area (Å²) in [6.45, 7) is 3.99. The first kappa shape index (κ1) is 21.0. The SMILES string of the molecule is CCNSCCCn1c(Sc2cc3c(cc2-c2ccco2)OCO3)nc2c(N)ncnc21. The van der Waals surface area contributed by atoms with Crippen molar-refractivity contribution in [2.24, 2.45) is 0 Å². The third kappa shape index (κ3) is 4.10. The molecule has 0 amide bonds. The van der Waals surface area contributed by atoms with Crippen LogP contribution < -0.4 is 19.9 Å². The van der Waals surface area contributed by atoms with Gasteiger partial charge in [0.25, 0.3) is 0 Å². The molecular weight excluding hydrogens is 448 g/mol. The van der Waals surface area contributed by atoms with Gasteiger partial charge in [0.15, 0.2) is 33.6 Å². The summed E-state index contributed by atoms with van der Waals surface area (Å²) in [5, 5.41) is 0.785. The predicted molar refractivity (Wildman–Crippen MR) is 125 cm³/mol. The molecule has 0 fully saturated rings. The van der Waals surface area contributed by atoms with Crippen LogP contribution in [0.1, 0.15) is 13.3 Å². The van der Waals surface area contributed by atoms with Crippen molar-refractivity contribution in [1.29, 1.82) is 0 Å². The molecule has 0 atom stereocenters. The first-order valence-corrected chi connectivity index (χ1v) is 12.0. The summed E-state index contributed by atoms with van der Waals surface area (Å²) >= 11 is 3.24. The molecule has 3 aromatic heterocycles. The molecular formula is C21H22N6O3S2. The van der Waals surface area contributed by atoms with Gasteiger partial charge in [0.2, 0.25) is 6.79 Å². The molecule has 0 bridgehead atoms. The Kier molecular flexibility index (Phi) is 6.10. The van der Waals surface area contributed by atoms with Crippen LogP contribution in [0.15, 0.2) is 51.3 Å². The molecule has 9 nitrogen and oxygen atoms in total. The fourth-order valence-electron chi connectivity index (χ4n) is 3.41. The lowest BCUT2D eigenvalue weighted by Crippen LogP contribution is -2.06. The third-order valence-corrected chi connectivity index (χ3v) is 6.90. The summed E-state index contributed by atoms with van der Waals surface area (Å²) in [4.78, 5) is 14.3. The summed E-state index contributed by atoms with van der Waals surface area (Å²) in [6, 6.07) is 7.69. The van der Waals surface area contributed by atoms with Crippen LogP contribution in [0, 0.1) is 0 Å². The maximum atomic E-state index is 6.11. The smallest absolute Gasteiger partial charge is 0.231 e. The van der Waals surface area contributed by atoms with Gasteiger partial charge in [-0.05, 0) is 30.7 Å². The average Bonchev–Trinajstić information content (AvgIpc) is 3.54. The van der Waals surface area contributed by atoms with Crippen molar-refractivity contribution in [3.05, 3.63) is 36.9 Å². The minimum absolute atomic E-state index is 0.204. The van der Waals surface area contributed by atoms with Crippen LogP contribution in [-0.2, 0) is 6.54 Å². The van der Waals surface area contributed by atoms with E-state index in [2.05, 4.69) is 26.2 Å². The Balaban J connectivity index is 1.53. The quantitative estimate of drug-likeness (QED) is 0.272. The van der Waals surface area contributed by atoms with E-state index in [1.54, 1.807) is 18.2 Å². The number of anilines is 1. The monoisotopic (exact) mass is 470 g/mol. The third-order valence-electron chi connectivity index (χ3n) is 4.86. The van der Waals surface area contributed by atoms with Gasteiger partial charge in [-0.15, -0.1) is 0 Å². The molecule has 0 unspecified atom stereocenters. The Hall–Kier alpha value is -2.89. The standard InChI is InChI=1S/C21H22N6O3S2/c1-2-25-31-8-4-6-27-20-18(19(22)23-11-24-20)26-21(27)32-17-10-16-15(29-12-30-16)9-13(17)14-5-3-7-28-14/h3,5,7,9-11,25H,2,4,6,8,12H2,1H3,(H2,22,23,24). The molecule has 166 valence electrons. The highest BCUT2D eigenvalue weighted by Crippen LogP contribution is 2.45. The number of hydrogen-bond acceptors (Lipinski definition) is 10. The van der Waals surface area contributed by atoms with E-state index >= 15 is 0 Å². The van der Waals surface area contributed by atoms with Crippen LogP contribution in [0.5, 0.6) is 11.5 Å². The molecule has 1 aromatic carbocycles. The molecule has 4 aromatic rings. The predicted octanol–water partition coefficient (Wildman–Crippen LogP) is 4.20. The van der Waals surface area contributed by atoms with Crippen molar-refractivity contribution in [3.8, 4) is 22.8 Å². The van der Waals surface area contributed by atoms with Gasteiger partial charge >= 0.3 is 0 Å². The number of aryl methyl sites for hydroxylation is 1. The van der Waals surface area contributed by atoms with Gasteiger partial charge < -0.3 is 24.2 Å². The van der Waals surface area contributed by atoms with Gasteiger partial charge in [0.1, 0.15) is 12.1 Å². The van der Waals surface area contributed by atoms with Gasteiger partial charge in [-0.1, -0.05) is 30.6 Å². The number of fused-ring (bicyclic) bond motifs is 2. The van der Waals surface area contributed by atoms with Crippen molar-refractivity contribution in [2.45, 2.75) is 29.9 Å². The molecule has 32 heavy (non-hydrogen) atoms. The second-order valence-electron chi connectivity index (χ2n) is 6.96. The molecule has 0 aliphatic carbocycles. The first-order chi connectivity index (χ1) is 15.7. The Morgan fingerprint density at radius 1 is 1.22 bits per heavy atom. The number of benzene rings is 1. The molecule has 1 aliphatic rings. The Morgan fingerprint density at radius 3 is 2.91 bits per heavy atom. The first-order valence-electron chi connectivity index (χ1n) is 10.2. The number of nitrogens with zero attached hydrogens (tertiary/aromatic N) is 4. The highest BCUT2D eigenvalue weighted by atomic mass is 32.2. The van der Waals surface area contributed by atoms with Crippen molar-refractivity contribution < 1.29 is 13.9 Å². The van der Waals surface area contributed by atoms with Crippen molar-refractivity contribution in [3.63, 3.8) is 0 Å². The van der Waals surface area contributed by atoms with Crippen LogP contribution in [0.3, 0.4) is 0 Å². The minimum atomic E-state index is 0.204. The molecule has 0 saturated heterocycles. The van der Waals surface area contributed by atoms with Gasteiger partial charge in [0.05, 0.1) is 6.26 Å². The molecule has 1 aliphatic heterocycles. The molecule has 0 spiro atoms. The summed E-state index contributed by atoms with van der Waals surface area (Å²) in [6.07, 6.45) is 4.08. The van der Waals surface area contributed by atoms with Crippen LogP contribution in [0.2, 0.25) is 0 Å². The number of nitrogen functional groups attached to an aromatic ring is 1. The van der Waals surface area contributed by atoms with Crippen LogP contribution in [0.25, 0.3) is 22.5 Å². The van der Waals surface area contributed by atoms with Crippen LogP contribution in [0.4, 0.5) is 5.82 Å². The van der Waals surface area contributed by atoms with E-state index in [-0.39, 0.29) is 6.79 Å². The lowest BCUT2D eigenvalue weighted by molar-refractivity contribution is 0.174. The number of rotatable bonds is 9. The van der Waals surface area contributed by atoms with Crippen LogP contribution in [-0.4, -0.2) is 38.6 Å². The van der Waals surface area contributed by atoms with E-state index in [1.165, 1.54) is 18.1 Å². The zero-order valence-electron chi connectivity index (χ0n) is 17.4. The number of ether oxygens (including phenoxy) is 2. The Labute approximate surface area is 193 Å². The number of imidazole rings is 1. The van der Waals surface area contributed by atoms with Crippen molar-refractivity contribution in [1.82, 2.24) is 24.2 Å². The second-order valence-corrected chi connectivity index (χ2v) is 8.95. The van der Waals surface area contributed by atoms with E-state index in [9.17, 15) is 0 Å². The van der Waals surface area contributed by atoms with Crippen molar-refractivity contribution in [2.75, 3.05) is 24.8 Å². The molecule has 0 radical (unpaired) electrons. The maximum absolute atomic E-state index is 6.11. The summed E-state index contributed by atoms with van der Waals surface area (Å²) in [5.74, 6) is 3.49. The summed E-state index contributed by atoms with van der Waals surface area (Å²) in [5.41, 5.74) is 8.35. The maximum Gasteiger partial charge on any atom is 0.231 e. The summed E-state index contributed by atoms with van der Waals surface area (Å²) in [7, 11) is 0. The highest BCUT2D eigenvalue weighted by Gasteiger charge is 2.23. The van der Waals surface area contributed by atoms with E-state index in [1.807, 2.05) is 24.3 Å². The minimum Gasteiger partial charge on any atom is -0.464 e. The molecule has 4 heterocycles. The van der Waals surface area contributed by atoms with Crippen molar-refractivity contribution >= 4 is 40.7 Å². The van der Waals surface area contributed by atoms with E-state index in [0.29, 0.717) is 22.8 Å². The van der Waals surface area contributed by atoms with E-state index in [0.717, 1.165) is 52.3 Å².